The van der Waals surface area contributed by atoms with Crippen molar-refractivity contribution in [2.45, 2.75) is 46.1 Å². The van der Waals surface area contributed by atoms with Gasteiger partial charge in [-0.3, -0.25) is 14.5 Å². The van der Waals surface area contributed by atoms with E-state index < -0.39 is 0 Å². The summed E-state index contributed by atoms with van der Waals surface area (Å²) < 4.78 is 6.81. The molecule has 10 heteroatoms. The zero-order valence-electron chi connectivity index (χ0n) is 24.7. The van der Waals surface area contributed by atoms with E-state index in [-0.39, 0.29) is 24.0 Å². The van der Waals surface area contributed by atoms with Gasteiger partial charge in [-0.2, -0.15) is 0 Å². The topological polar surface area (TPSA) is 73.4 Å². The van der Waals surface area contributed by atoms with Crippen molar-refractivity contribution in [1.29, 1.82) is 0 Å². The minimum absolute atomic E-state index is 0.0559. The molecule has 5 rings (SSSR count). The van der Waals surface area contributed by atoms with E-state index in [2.05, 4.69) is 20.8 Å². The Bertz CT molecular complexity index is 1320. The number of hydrogen-bond acceptors (Lipinski definition) is 5. The number of piperidine rings is 1. The molecule has 3 fully saturated rings. The second-order valence-electron chi connectivity index (χ2n) is 12.0. The quantitative estimate of drug-likeness (QED) is 0.378. The number of amides is 3. The standard InChI is InChI=1S/C32H40BrClN4O4/c1-21-8-9-26(16-29(21)34)38(32(41)42-27-10-14-36(15-11-27)23(3)39)13-5-12-35-17-24-19-37(20-25(24)18-35)31(40)28-7-4-6-22(2)30(28)33/h4,6-9,16,24-25,27H,5,10-15,17-20H2,1-3H3. The fourth-order valence-electron chi connectivity index (χ4n) is 6.44. The molecule has 0 aromatic heterocycles. The van der Waals surface area contributed by atoms with Gasteiger partial charge in [0.25, 0.3) is 5.91 Å². The number of rotatable bonds is 7. The SMILES string of the molecule is CC(=O)N1CCC(OC(=O)N(CCCN2CC3CN(C(=O)c4cccc(C)c4Br)CC3C2)c2ccc(C)c(Cl)c2)CC1. The molecular weight excluding hydrogens is 620 g/mol. The molecule has 3 aliphatic rings. The van der Waals surface area contributed by atoms with Gasteiger partial charge in [0, 0.05) is 80.8 Å². The van der Waals surface area contributed by atoms with E-state index in [1.807, 2.05) is 55.1 Å². The average Bonchev–Trinajstić information content (AvgIpc) is 3.53. The van der Waals surface area contributed by atoms with Gasteiger partial charge < -0.3 is 19.4 Å². The van der Waals surface area contributed by atoms with Gasteiger partial charge in [0.05, 0.1) is 5.56 Å². The lowest BCUT2D eigenvalue weighted by molar-refractivity contribution is -0.130. The van der Waals surface area contributed by atoms with E-state index in [1.165, 1.54) is 0 Å². The van der Waals surface area contributed by atoms with Gasteiger partial charge in [0.15, 0.2) is 0 Å². The van der Waals surface area contributed by atoms with Crippen molar-refractivity contribution < 1.29 is 19.1 Å². The van der Waals surface area contributed by atoms with Crippen molar-refractivity contribution in [3.8, 4) is 0 Å². The van der Waals surface area contributed by atoms with Crippen LogP contribution in [0.25, 0.3) is 0 Å². The number of aryl methyl sites for hydroxylation is 2. The van der Waals surface area contributed by atoms with Crippen molar-refractivity contribution in [2.75, 3.05) is 57.3 Å². The Balaban J connectivity index is 1.15. The van der Waals surface area contributed by atoms with Gasteiger partial charge in [-0.05, 0) is 83.9 Å². The number of carbonyl (C=O) groups is 3. The molecule has 2 aromatic rings. The molecule has 2 aromatic carbocycles. The largest absolute Gasteiger partial charge is 0.446 e. The molecule has 0 saturated carbocycles. The van der Waals surface area contributed by atoms with E-state index in [0.29, 0.717) is 49.3 Å². The number of nitrogens with zero attached hydrogens (tertiary/aromatic N) is 4. The maximum absolute atomic E-state index is 13.4. The lowest BCUT2D eigenvalue weighted by Crippen LogP contribution is -2.43. The smallest absolute Gasteiger partial charge is 0.414 e. The summed E-state index contributed by atoms with van der Waals surface area (Å²) in [6.45, 7) is 11.6. The summed E-state index contributed by atoms with van der Waals surface area (Å²) in [6.07, 6.45) is 1.50. The molecule has 2 atom stereocenters. The molecule has 0 bridgehead atoms. The number of fused-ring (bicyclic) bond motifs is 1. The summed E-state index contributed by atoms with van der Waals surface area (Å²) in [4.78, 5) is 46.2. The molecule has 3 aliphatic heterocycles. The molecule has 2 unspecified atom stereocenters. The third-order valence-electron chi connectivity index (χ3n) is 8.97. The van der Waals surface area contributed by atoms with Gasteiger partial charge in [-0.15, -0.1) is 0 Å². The van der Waals surface area contributed by atoms with Crippen LogP contribution < -0.4 is 4.90 Å². The fourth-order valence-corrected chi connectivity index (χ4v) is 7.05. The lowest BCUT2D eigenvalue weighted by Gasteiger charge is -2.32. The second-order valence-corrected chi connectivity index (χ2v) is 13.2. The van der Waals surface area contributed by atoms with Crippen molar-refractivity contribution in [1.82, 2.24) is 14.7 Å². The number of benzene rings is 2. The third-order valence-corrected chi connectivity index (χ3v) is 10.4. The zero-order chi connectivity index (χ0) is 30.0. The number of ether oxygens (including phenoxy) is 1. The monoisotopic (exact) mass is 658 g/mol. The number of hydrogen-bond donors (Lipinski definition) is 0. The first-order valence-electron chi connectivity index (χ1n) is 14.9. The van der Waals surface area contributed by atoms with Gasteiger partial charge in [-0.1, -0.05) is 29.8 Å². The predicted molar refractivity (Wildman–Crippen MR) is 168 cm³/mol. The number of halogens is 2. The van der Waals surface area contributed by atoms with Crippen LogP contribution in [0.2, 0.25) is 5.02 Å². The van der Waals surface area contributed by atoms with Gasteiger partial charge in [0.1, 0.15) is 6.10 Å². The third kappa shape index (κ3) is 6.95. The van der Waals surface area contributed by atoms with E-state index in [9.17, 15) is 14.4 Å². The Morgan fingerprint density at radius 1 is 0.976 bits per heavy atom. The second kappa shape index (κ2) is 13.3. The van der Waals surface area contributed by atoms with Crippen molar-refractivity contribution in [3.63, 3.8) is 0 Å². The Kier molecular flexibility index (Phi) is 9.80. The van der Waals surface area contributed by atoms with Crippen LogP contribution in [-0.2, 0) is 9.53 Å². The minimum atomic E-state index is -0.369. The van der Waals surface area contributed by atoms with Crippen LogP contribution >= 0.6 is 27.5 Å². The summed E-state index contributed by atoms with van der Waals surface area (Å²) in [6, 6.07) is 11.5. The first-order chi connectivity index (χ1) is 20.1. The highest BCUT2D eigenvalue weighted by molar-refractivity contribution is 9.10. The molecule has 42 heavy (non-hydrogen) atoms. The fraction of sp³-hybridized carbons (Fsp3) is 0.531. The van der Waals surface area contributed by atoms with Crippen LogP contribution in [0.1, 0.15) is 47.7 Å². The summed E-state index contributed by atoms with van der Waals surface area (Å²) in [5.41, 5.74) is 3.48. The first kappa shape index (κ1) is 30.8. The van der Waals surface area contributed by atoms with Crippen molar-refractivity contribution in [2.24, 2.45) is 11.8 Å². The predicted octanol–water partition coefficient (Wildman–Crippen LogP) is 5.77. The van der Waals surface area contributed by atoms with Gasteiger partial charge in [0.2, 0.25) is 5.91 Å². The van der Waals surface area contributed by atoms with Crippen LogP contribution in [0.4, 0.5) is 10.5 Å². The number of carbonyl (C=O) groups excluding carboxylic acids is 3. The Hall–Kier alpha value is -2.62. The van der Waals surface area contributed by atoms with E-state index in [1.54, 1.807) is 16.7 Å². The number of anilines is 1. The summed E-state index contributed by atoms with van der Waals surface area (Å²) in [5, 5.41) is 0.615. The van der Waals surface area contributed by atoms with Crippen LogP contribution in [0.15, 0.2) is 40.9 Å². The molecule has 3 saturated heterocycles. The molecule has 0 aliphatic carbocycles. The summed E-state index contributed by atoms with van der Waals surface area (Å²) in [5.74, 6) is 1.09. The van der Waals surface area contributed by atoms with Crippen molar-refractivity contribution in [3.05, 3.63) is 62.6 Å². The molecule has 8 nitrogen and oxygen atoms in total. The summed E-state index contributed by atoms with van der Waals surface area (Å²) in [7, 11) is 0. The van der Waals surface area contributed by atoms with Crippen LogP contribution in [0, 0.1) is 25.7 Å². The van der Waals surface area contributed by atoms with E-state index >= 15 is 0 Å². The molecule has 3 amide bonds. The average molecular weight is 660 g/mol. The molecular formula is C32H40BrClN4O4. The normalized spacial score (nSPS) is 21.0. The molecule has 226 valence electrons. The number of likely N-dealkylation sites (tertiary alicyclic amines) is 3. The van der Waals surface area contributed by atoms with Gasteiger partial charge >= 0.3 is 6.09 Å². The highest BCUT2D eigenvalue weighted by atomic mass is 79.9. The molecule has 0 spiro atoms. The van der Waals surface area contributed by atoms with Crippen LogP contribution in [-0.4, -0.2) is 91.1 Å². The Labute approximate surface area is 262 Å². The van der Waals surface area contributed by atoms with E-state index in [4.69, 9.17) is 16.3 Å². The van der Waals surface area contributed by atoms with Crippen LogP contribution in [0.5, 0.6) is 0 Å². The van der Waals surface area contributed by atoms with Crippen LogP contribution in [0.3, 0.4) is 0 Å². The summed E-state index contributed by atoms with van der Waals surface area (Å²) >= 11 is 10.0. The lowest BCUT2D eigenvalue weighted by atomic mass is 10.0. The molecule has 0 N–H and O–H groups in total. The minimum Gasteiger partial charge on any atom is -0.446 e. The van der Waals surface area contributed by atoms with Gasteiger partial charge in [-0.25, -0.2) is 4.79 Å². The maximum atomic E-state index is 13.4. The Morgan fingerprint density at radius 3 is 2.31 bits per heavy atom. The first-order valence-corrected chi connectivity index (χ1v) is 16.0. The van der Waals surface area contributed by atoms with E-state index in [0.717, 1.165) is 66.0 Å². The molecule has 0 radical (unpaired) electrons. The Morgan fingerprint density at radius 2 is 1.67 bits per heavy atom. The van der Waals surface area contributed by atoms with Crippen molar-refractivity contribution >= 4 is 51.1 Å². The maximum Gasteiger partial charge on any atom is 0.414 e. The highest BCUT2D eigenvalue weighted by Gasteiger charge is 2.41. The zero-order valence-corrected chi connectivity index (χ0v) is 27.0. The highest BCUT2D eigenvalue weighted by Crippen LogP contribution is 2.33. The molecule has 3 heterocycles.